The minimum absolute atomic E-state index is 0.0382. The molecule has 1 aliphatic rings. The maximum Gasteiger partial charge on any atom is 0.416 e. The SMILES string of the molecule is CC(C)CCC(c1ccc(C(F)(F)F)cc1)N1CCCC(CC(=O)O)C1. The predicted molar refractivity (Wildman–Crippen MR) is 94.8 cm³/mol. The van der Waals surface area contributed by atoms with E-state index in [4.69, 9.17) is 5.11 Å². The Kier molecular flexibility index (Phi) is 7.09. The molecule has 6 heteroatoms. The van der Waals surface area contributed by atoms with Crippen LogP contribution in [0.4, 0.5) is 13.2 Å². The first kappa shape index (κ1) is 20.7. The zero-order valence-corrected chi connectivity index (χ0v) is 15.4. The van der Waals surface area contributed by atoms with E-state index >= 15 is 0 Å². The van der Waals surface area contributed by atoms with Crippen LogP contribution in [0.25, 0.3) is 0 Å². The summed E-state index contributed by atoms with van der Waals surface area (Å²) in [5.41, 5.74) is 0.251. The summed E-state index contributed by atoms with van der Waals surface area (Å²) < 4.78 is 38.5. The van der Waals surface area contributed by atoms with Crippen molar-refractivity contribution in [3.8, 4) is 0 Å². The lowest BCUT2D eigenvalue weighted by Gasteiger charge is -2.38. The van der Waals surface area contributed by atoms with Gasteiger partial charge in [0.25, 0.3) is 0 Å². The molecule has 0 amide bonds. The van der Waals surface area contributed by atoms with E-state index in [0.717, 1.165) is 49.9 Å². The molecule has 3 nitrogen and oxygen atoms in total. The Morgan fingerprint density at radius 2 is 1.88 bits per heavy atom. The largest absolute Gasteiger partial charge is 0.481 e. The number of hydrogen-bond acceptors (Lipinski definition) is 2. The van der Waals surface area contributed by atoms with Gasteiger partial charge in [0, 0.05) is 19.0 Å². The second kappa shape index (κ2) is 8.89. The molecule has 1 aromatic carbocycles. The molecule has 1 heterocycles. The molecule has 1 N–H and O–H groups in total. The van der Waals surface area contributed by atoms with Gasteiger partial charge in [-0.3, -0.25) is 9.69 Å². The van der Waals surface area contributed by atoms with Gasteiger partial charge in [-0.2, -0.15) is 13.2 Å². The number of halogens is 3. The van der Waals surface area contributed by atoms with E-state index in [1.54, 1.807) is 12.1 Å². The average molecular weight is 371 g/mol. The lowest BCUT2D eigenvalue weighted by atomic mass is 9.90. The zero-order valence-electron chi connectivity index (χ0n) is 15.4. The molecule has 0 bridgehead atoms. The number of likely N-dealkylation sites (tertiary alicyclic amines) is 1. The van der Waals surface area contributed by atoms with Crippen molar-refractivity contribution in [2.75, 3.05) is 13.1 Å². The molecule has 2 rings (SSSR count). The van der Waals surface area contributed by atoms with Gasteiger partial charge in [0.15, 0.2) is 0 Å². The minimum atomic E-state index is -4.33. The van der Waals surface area contributed by atoms with E-state index in [1.807, 2.05) is 0 Å². The standard InChI is InChI=1S/C20H28F3NO2/c1-14(2)5-10-18(16-6-8-17(9-7-16)20(21,22)23)24-11-3-4-15(13-24)12-19(25)26/h6-9,14-15,18H,3-5,10-13H2,1-2H3,(H,25,26). The van der Waals surface area contributed by atoms with Crippen molar-refractivity contribution >= 4 is 5.97 Å². The van der Waals surface area contributed by atoms with Crippen molar-refractivity contribution in [3.63, 3.8) is 0 Å². The number of aliphatic carboxylic acids is 1. The van der Waals surface area contributed by atoms with Crippen LogP contribution in [0, 0.1) is 11.8 Å². The maximum absolute atomic E-state index is 12.8. The maximum atomic E-state index is 12.8. The van der Waals surface area contributed by atoms with Crippen LogP contribution in [0.3, 0.4) is 0 Å². The van der Waals surface area contributed by atoms with E-state index in [1.165, 1.54) is 0 Å². The highest BCUT2D eigenvalue weighted by Gasteiger charge is 2.32. The Balaban J connectivity index is 2.18. The molecular formula is C20H28F3NO2. The van der Waals surface area contributed by atoms with Crippen LogP contribution in [0.5, 0.6) is 0 Å². The first-order valence-corrected chi connectivity index (χ1v) is 9.29. The topological polar surface area (TPSA) is 40.5 Å². The zero-order chi connectivity index (χ0) is 19.3. The van der Waals surface area contributed by atoms with Gasteiger partial charge >= 0.3 is 12.1 Å². The van der Waals surface area contributed by atoms with Crippen molar-refractivity contribution < 1.29 is 23.1 Å². The fourth-order valence-corrected chi connectivity index (χ4v) is 3.74. The molecule has 0 spiro atoms. The second-order valence-corrected chi connectivity index (χ2v) is 7.71. The van der Waals surface area contributed by atoms with Gasteiger partial charge in [0.05, 0.1) is 5.56 Å². The van der Waals surface area contributed by atoms with Crippen molar-refractivity contribution in [2.45, 2.75) is 58.2 Å². The molecule has 146 valence electrons. The molecule has 0 radical (unpaired) electrons. The Morgan fingerprint density at radius 3 is 2.42 bits per heavy atom. The normalized spacial score (nSPS) is 20.3. The van der Waals surface area contributed by atoms with Crippen LogP contribution >= 0.6 is 0 Å². The fraction of sp³-hybridized carbons (Fsp3) is 0.650. The number of benzene rings is 1. The Hall–Kier alpha value is -1.56. The molecule has 2 unspecified atom stereocenters. The molecule has 2 atom stereocenters. The summed E-state index contributed by atoms with van der Waals surface area (Å²) in [4.78, 5) is 13.3. The lowest BCUT2D eigenvalue weighted by molar-refractivity contribution is -0.139. The third-order valence-electron chi connectivity index (χ3n) is 5.09. The predicted octanol–water partition coefficient (Wildman–Crippen LogP) is 5.37. The summed E-state index contributed by atoms with van der Waals surface area (Å²) in [6, 6.07) is 5.49. The molecule has 26 heavy (non-hydrogen) atoms. The number of rotatable bonds is 7. The molecule has 0 saturated carbocycles. The summed E-state index contributed by atoms with van der Waals surface area (Å²) in [5, 5.41) is 9.07. The molecule has 0 aromatic heterocycles. The first-order valence-electron chi connectivity index (χ1n) is 9.29. The van der Waals surface area contributed by atoms with Gasteiger partial charge < -0.3 is 5.11 Å². The summed E-state index contributed by atoms with van der Waals surface area (Å²) in [6.07, 6.45) is -0.512. The second-order valence-electron chi connectivity index (χ2n) is 7.71. The smallest absolute Gasteiger partial charge is 0.416 e. The monoisotopic (exact) mass is 371 g/mol. The van der Waals surface area contributed by atoms with Crippen molar-refractivity contribution in [3.05, 3.63) is 35.4 Å². The van der Waals surface area contributed by atoms with Gasteiger partial charge in [-0.15, -0.1) is 0 Å². The van der Waals surface area contributed by atoms with Gasteiger partial charge in [-0.05, 0) is 61.8 Å². The van der Waals surface area contributed by atoms with E-state index in [9.17, 15) is 18.0 Å². The number of carboxylic acids is 1. The van der Waals surface area contributed by atoms with Crippen molar-refractivity contribution in [2.24, 2.45) is 11.8 Å². The first-order chi connectivity index (χ1) is 12.2. The quantitative estimate of drug-likeness (QED) is 0.700. The molecule has 1 saturated heterocycles. The van der Waals surface area contributed by atoms with Crippen LogP contribution < -0.4 is 0 Å². The number of nitrogens with zero attached hydrogens (tertiary/aromatic N) is 1. The number of carbonyl (C=O) groups is 1. The van der Waals surface area contributed by atoms with Crippen molar-refractivity contribution in [1.82, 2.24) is 4.90 Å². The van der Waals surface area contributed by atoms with Crippen LogP contribution in [-0.4, -0.2) is 29.1 Å². The summed E-state index contributed by atoms with van der Waals surface area (Å²) in [5.74, 6) is -0.172. The lowest BCUT2D eigenvalue weighted by Crippen LogP contribution is -2.39. The van der Waals surface area contributed by atoms with Gasteiger partial charge in [0.1, 0.15) is 0 Å². The van der Waals surface area contributed by atoms with Crippen LogP contribution in [0.1, 0.15) is 63.1 Å². The average Bonchev–Trinajstić information content (AvgIpc) is 2.54. The van der Waals surface area contributed by atoms with E-state index < -0.39 is 17.7 Å². The van der Waals surface area contributed by atoms with Crippen LogP contribution in [-0.2, 0) is 11.0 Å². The van der Waals surface area contributed by atoms with Gasteiger partial charge in [0.2, 0.25) is 0 Å². The number of carboxylic acid groups (broad SMARTS) is 1. The van der Waals surface area contributed by atoms with Crippen LogP contribution in [0.2, 0.25) is 0 Å². The Labute approximate surface area is 153 Å². The fourth-order valence-electron chi connectivity index (χ4n) is 3.74. The molecular weight excluding hydrogens is 343 g/mol. The molecule has 1 aromatic rings. The summed E-state index contributed by atoms with van der Waals surface area (Å²) >= 11 is 0. The highest BCUT2D eigenvalue weighted by molar-refractivity contribution is 5.67. The van der Waals surface area contributed by atoms with E-state index in [-0.39, 0.29) is 18.4 Å². The van der Waals surface area contributed by atoms with Gasteiger partial charge in [-0.25, -0.2) is 0 Å². The summed E-state index contributed by atoms with van der Waals surface area (Å²) in [7, 11) is 0. The van der Waals surface area contributed by atoms with Crippen molar-refractivity contribution in [1.29, 1.82) is 0 Å². The number of hydrogen-bond donors (Lipinski definition) is 1. The van der Waals surface area contributed by atoms with Gasteiger partial charge in [-0.1, -0.05) is 26.0 Å². The Bertz CT molecular complexity index is 584. The third kappa shape index (κ3) is 6.01. The Morgan fingerprint density at radius 1 is 1.23 bits per heavy atom. The minimum Gasteiger partial charge on any atom is -0.481 e. The molecule has 1 fully saturated rings. The third-order valence-corrected chi connectivity index (χ3v) is 5.09. The van der Waals surface area contributed by atoms with E-state index in [0.29, 0.717) is 12.5 Å². The molecule has 0 aliphatic carbocycles. The highest BCUT2D eigenvalue weighted by Crippen LogP contribution is 2.35. The number of alkyl halides is 3. The molecule has 1 aliphatic heterocycles. The van der Waals surface area contributed by atoms with E-state index in [2.05, 4.69) is 18.7 Å². The summed E-state index contributed by atoms with van der Waals surface area (Å²) in [6.45, 7) is 5.82. The van der Waals surface area contributed by atoms with Crippen LogP contribution in [0.15, 0.2) is 24.3 Å². The number of piperidine rings is 1. The highest BCUT2D eigenvalue weighted by atomic mass is 19.4.